The summed E-state index contributed by atoms with van der Waals surface area (Å²) in [4.78, 5) is 19.6. The monoisotopic (exact) mass is 325 g/mol. The van der Waals surface area contributed by atoms with Gasteiger partial charge in [0, 0.05) is 42.1 Å². The van der Waals surface area contributed by atoms with Crippen LogP contribution in [0.4, 0.5) is 4.79 Å². The topological polar surface area (TPSA) is 48.6 Å². The van der Waals surface area contributed by atoms with Crippen molar-refractivity contribution >= 4 is 17.0 Å². The molecule has 3 heterocycles. The molecule has 1 aromatic heterocycles. The second kappa shape index (κ2) is 5.24. The highest BCUT2D eigenvalue weighted by Crippen LogP contribution is 2.44. The van der Waals surface area contributed by atoms with E-state index in [1.54, 1.807) is 0 Å². The van der Waals surface area contributed by atoms with Crippen LogP contribution in [0.25, 0.3) is 10.9 Å². The number of hydrogen-bond donors (Lipinski definition) is 1. The third kappa shape index (κ3) is 2.07. The summed E-state index contributed by atoms with van der Waals surface area (Å²) in [5.41, 5.74) is 4.20. The van der Waals surface area contributed by atoms with E-state index in [1.807, 2.05) is 4.90 Å². The Morgan fingerprint density at radius 2 is 2.29 bits per heavy atom. The number of likely N-dealkylation sites (N-methyl/N-ethyl adjacent to an activating group) is 1. The Morgan fingerprint density at radius 1 is 1.38 bits per heavy atom. The zero-order valence-corrected chi connectivity index (χ0v) is 14.0. The van der Waals surface area contributed by atoms with Crippen LogP contribution in [0.15, 0.2) is 24.4 Å². The van der Waals surface area contributed by atoms with Crippen molar-refractivity contribution in [1.82, 2.24) is 14.8 Å². The van der Waals surface area contributed by atoms with Crippen molar-refractivity contribution in [3.8, 4) is 0 Å². The van der Waals surface area contributed by atoms with Crippen molar-refractivity contribution in [3.63, 3.8) is 0 Å². The minimum atomic E-state index is -0.140. The van der Waals surface area contributed by atoms with E-state index in [4.69, 9.17) is 4.74 Å². The van der Waals surface area contributed by atoms with Crippen molar-refractivity contribution < 1.29 is 9.53 Å². The Labute approximate surface area is 141 Å². The van der Waals surface area contributed by atoms with Gasteiger partial charge in [-0.3, -0.25) is 0 Å². The number of rotatable bonds is 2. The maximum Gasteiger partial charge on any atom is 0.409 e. The van der Waals surface area contributed by atoms with Gasteiger partial charge in [-0.05, 0) is 43.0 Å². The maximum absolute atomic E-state index is 11.8. The molecular weight excluding hydrogens is 302 g/mol. The summed E-state index contributed by atoms with van der Waals surface area (Å²) < 4.78 is 5.09. The van der Waals surface area contributed by atoms with Crippen LogP contribution in [-0.2, 0) is 11.2 Å². The number of carbonyl (C=O) groups is 1. The van der Waals surface area contributed by atoms with Gasteiger partial charge in [-0.25, -0.2) is 4.79 Å². The number of aromatic amines is 1. The second-order valence-electron chi connectivity index (χ2n) is 7.56. The van der Waals surface area contributed by atoms with E-state index in [-0.39, 0.29) is 6.09 Å². The van der Waals surface area contributed by atoms with Gasteiger partial charge in [0.25, 0.3) is 0 Å². The molecular formula is C19H23N3O2. The molecule has 1 aromatic carbocycles. The summed E-state index contributed by atoms with van der Waals surface area (Å²) in [6.45, 7) is 3.16. The van der Waals surface area contributed by atoms with Crippen molar-refractivity contribution in [1.29, 1.82) is 0 Å². The quantitative estimate of drug-likeness (QED) is 0.923. The normalized spacial score (nSPS) is 29.8. The highest BCUT2D eigenvalue weighted by Gasteiger charge is 2.40. The fourth-order valence-electron chi connectivity index (χ4n) is 5.09. The molecule has 2 aliphatic heterocycles. The fourth-order valence-corrected chi connectivity index (χ4v) is 5.09. The molecule has 0 bridgehead atoms. The van der Waals surface area contributed by atoms with E-state index in [0.717, 1.165) is 32.5 Å². The number of nitrogens with one attached hydrogen (secondary N) is 1. The van der Waals surface area contributed by atoms with Crippen molar-refractivity contribution in [2.24, 2.45) is 5.92 Å². The van der Waals surface area contributed by atoms with E-state index >= 15 is 0 Å². The van der Waals surface area contributed by atoms with Gasteiger partial charge in [0.1, 0.15) is 6.61 Å². The van der Waals surface area contributed by atoms with Crippen LogP contribution in [0.3, 0.4) is 0 Å². The Bertz CT molecular complexity index is 799. The molecule has 0 radical (unpaired) electrons. The minimum Gasteiger partial charge on any atom is -0.448 e. The molecule has 3 atom stereocenters. The zero-order chi connectivity index (χ0) is 16.3. The average Bonchev–Trinajstić information content (AvgIpc) is 3.17. The lowest BCUT2D eigenvalue weighted by atomic mass is 9.72. The van der Waals surface area contributed by atoms with E-state index < -0.39 is 0 Å². The van der Waals surface area contributed by atoms with Crippen molar-refractivity contribution in [2.75, 3.05) is 33.3 Å². The predicted molar refractivity (Wildman–Crippen MR) is 92.2 cm³/mol. The lowest BCUT2D eigenvalue weighted by molar-refractivity contribution is 0.0933. The van der Waals surface area contributed by atoms with E-state index in [9.17, 15) is 4.79 Å². The summed E-state index contributed by atoms with van der Waals surface area (Å²) in [6.07, 6.45) is 4.32. The van der Waals surface area contributed by atoms with Gasteiger partial charge in [-0.1, -0.05) is 12.1 Å². The van der Waals surface area contributed by atoms with E-state index in [0.29, 0.717) is 24.5 Å². The van der Waals surface area contributed by atoms with E-state index in [2.05, 4.69) is 41.3 Å². The van der Waals surface area contributed by atoms with Gasteiger partial charge in [0.2, 0.25) is 0 Å². The van der Waals surface area contributed by atoms with Gasteiger partial charge in [0.05, 0.1) is 6.54 Å². The molecule has 1 aliphatic carbocycles. The number of likely N-dealkylation sites (tertiary alicyclic amines) is 1. The molecule has 5 nitrogen and oxygen atoms in total. The predicted octanol–water partition coefficient (Wildman–Crippen LogP) is 2.58. The van der Waals surface area contributed by atoms with Gasteiger partial charge >= 0.3 is 6.09 Å². The molecule has 5 rings (SSSR count). The molecule has 1 N–H and O–H groups in total. The molecule has 5 heteroatoms. The molecule has 126 valence electrons. The number of nitrogens with zero attached hydrogens (tertiary/aromatic N) is 2. The summed E-state index contributed by atoms with van der Waals surface area (Å²) in [6, 6.07) is 7.21. The molecule has 2 saturated heterocycles. The number of aromatic nitrogens is 1. The average molecular weight is 325 g/mol. The first kappa shape index (κ1) is 14.3. The molecule has 1 amide bonds. The van der Waals surface area contributed by atoms with Crippen LogP contribution < -0.4 is 0 Å². The van der Waals surface area contributed by atoms with Crippen LogP contribution in [0, 0.1) is 5.92 Å². The summed E-state index contributed by atoms with van der Waals surface area (Å²) in [5.74, 6) is 1.07. The third-order valence-corrected chi connectivity index (χ3v) is 6.14. The third-order valence-electron chi connectivity index (χ3n) is 6.14. The highest BCUT2D eigenvalue weighted by atomic mass is 16.6. The van der Waals surface area contributed by atoms with Gasteiger partial charge < -0.3 is 19.5 Å². The smallest absolute Gasteiger partial charge is 0.409 e. The SMILES string of the molecule is CN1C[C@H](CN2CCOC2=O)CC2c3cccc4[nH]cc(c34)C[C@H]21. The highest BCUT2D eigenvalue weighted by molar-refractivity contribution is 5.88. The Hall–Kier alpha value is -2.01. The van der Waals surface area contributed by atoms with Gasteiger partial charge in [-0.15, -0.1) is 0 Å². The molecule has 2 aromatic rings. The first-order valence-electron chi connectivity index (χ1n) is 8.91. The maximum atomic E-state index is 11.8. The van der Waals surface area contributed by atoms with Crippen molar-refractivity contribution in [2.45, 2.75) is 24.8 Å². The standard InChI is InChI=1S/C19H23N3O2/c1-21-10-12(11-22-5-6-24-19(22)23)7-15-14-3-2-4-16-18(14)13(9-20-16)8-17(15)21/h2-4,9,12,15,17,20H,5-8,10-11H2,1H3/t12-,15?,17-/m1/s1. The molecule has 0 spiro atoms. The largest absolute Gasteiger partial charge is 0.448 e. The van der Waals surface area contributed by atoms with E-state index in [1.165, 1.54) is 22.0 Å². The van der Waals surface area contributed by atoms with Crippen LogP contribution in [-0.4, -0.2) is 60.2 Å². The number of hydrogen-bond acceptors (Lipinski definition) is 3. The van der Waals surface area contributed by atoms with Crippen LogP contribution in [0.5, 0.6) is 0 Å². The van der Waals surface area contributed by atoms with Crippen LogP contribution >= 0.6 is 0 Å². The lowest BCUT2D eigenvalue weighted by Crippen LogP contribution is -2.50. The Morgan fingerprint density at radius 3 is 3.12 bits per heavy atom. The van der Waals surface area contributed by atoms with Gasteiger partial charge in [0.15, 0.2) is 0 Å². The first-order valence-corrected chi connectivity index (χ1v) is 8.91. The molecule has 0 saturated carbocycles. The minimum absolute atomic E-state index is 0.140. The van der Waals surface area contributed by atoms with Gasteiger partial charge in [-0.2, -0.15) is 0 Å². The number of benzene rings is 1. The number of carbonyl (C=O) groups excluding carboxylic acids is 1. The molecule has 3 aliphatic rings. The number of H-pyrrole nitrogens is 1. The summed E-state index contributed by atoms with van der Waals surface area (Å²) >= 11 is 0. The number of amides is 1. The van der Waals surface area contributed by atoms with Crippen LogP contribution in [0.2, 0.25) is 0 Å². The second-order valence-corrected chi connectivity index (χ2v) is 7.56. The number of fused-ring (bicyclic) bond motifs is 2. The Balaban J connectivity index is 1.46. The van der Waals surface area contributed by atoms with Crippen LogP contribution in [0.1, 0.15) is 23.5 Å². The fraction of sp³-hybridized carbons (Fsp3) is 0.526. The lowest BCUT2D eigenvalue weighted by Gasteiger charge is -2.46. The summed E-state index contributed by atoms with van der Waals surface area (Å²) in [7, 11) is 2.24. The van der Waals surface area contributed by atoms with Crippen molar-refractivity contribution in [3.05, 3.63) is 35.5 Å². The molecule has 2 fully saturated rings. The first-order chi connectivity index (χ1) is 11.7. The Kier molecular flexibility index (Phi) is 3.13. The number of ether oxygens (including phenoxy) is 1. The number of cyclic esters (lactones) is 1. The summed E-state index contributed by atoms with van der Waals surface area (Å²) in [5, 5.41) is 1.44. The zero-order valence-electron chi connectivity index (χ0n) is 14.0. The molecule has 1 unspecified atom stereocenters. The molecule has 24 heavy (non-hydrogen) atoms. The number of piperidine rings is 1.